The van der Waals surface area contributed by atoms with Crippen LogP contribution in [0.1, 0.15) is 31.9 Å². The Morgan fingerprint density at radius 3 is 1.46 bits per heavy atom. The molecule has 0 radical (unpaired) electrons. The zero-order chi connectivity index (χ0) is 27.7. The van der Waals surface area contributed by atoms with Crippen molar-refractivity contribution in [3.05, 3.63) is 59.7 Å². The Hall–Kier alpha value is -4.12. The van der Waals surface area contributed by atoms with Crippen LogP contribution in [0.4, 0.5) is 0 Å². The first-order valence-electron chi connectivity index (χ1n) is 11.8. The van der Waals surface area contributed by atoms with E-state index in [1.165, 1.54) is 31.2 Å². The zero-order valence-electron chi connectivity index (χ0n) is 21.0. The molecule has 0 aliphatic rings. The summed E-state index contributed by atoms with van der Waals surface area (Å²) in [5.41, 5.74) is 7.19. The van der Waals surface area contributed by atoms with Gasteiger partial charge in [-0.1, -0.05) is 38.1 Å². The molecule has 11 nitrogen and oxygen atoms in total. The molecule has 0 bridgehead atoms. The van der Waals surface area contributed by atoms with E-state index in [1.54, 1.807) is 38.1 Å². The summed E-state index contributed by atoms with van der Waals surface area (Å²) in [6.07, 6.45) is 0.0390. The highest BCUT2D eigenvalue weighted by Crippen LogP contribution is 2.14. The van der Waals surface area contributed by atoms with E-state index >= 15 is 0 Å². The molecule has 37 heavy (non-hydrogen) atoms. The number of nitrogens with one attached hydrogen (secondary N) is 3. The first-order chi connectivity index (χ1) is 17.4. The molecule has 11 heteroatoms. The fourth-order valence-electron chi connectivity index (χ4n) is 3.37. The summed E-state index contributed by atoms with van der Waals surface area (Å²) in [5, 5.41) is 35.9. The molecule has 4 unspecified atom stereocenters. The molecule has 0 fully saturated rings. The number of amides is 3. The number of aliphatic carboxylic acids is 1. The van der Waals surface area contributed by atoms with E-state index in [2.05, 4.69) is 16.0 Å². The van der Waals surface area contributed by atoms with E-state index in [4.69, 9.17) is 5.73 Å². The van der Waals surface area contributed by atoms with E-state index in [-0.39, 0.29) is 30.3 Å². The predicted octanol–water partition coefficient (Wildman–Crippen LogP) is 0.425. The molecular formula is C26H34N4O7. The molecule has 2 rings (SSSR count). The molecule has 8 N–H and O–H groups in total. The van der Waals surface area contributed by atoms with E-state index < -0.39 is 47.9 Å². The van der Waals surface area contributed by atoms with Gasteiger partial charge in [0.15, 0.2) is 0 Å². The highest BCUT2D eigenvalue weighted by atomic mass is 16.4. The lowest BCUT2D eigenvalue weighted by Gasteiger charge is -2.25. The molecule has 0 aliphatic carbocycles. The molecule has 0 saturated heterocycles. The Labute approximate surface area is 215 Å². The minimum absolute atomic E-state index is 0.00439. The molecule has 0 aromatic heterocycles. The standard InChI is InChI=1S/C26H34N4O7/c1-14(2)22(27)25(35)30-21(13-17-6-10-19(32)11-7-17)24(34)29-20(23(33)28-15(3)26(36)37)12-16-4-8-18(31)9-5-16/h4-11,14-15,20-22,31-32H,12-13,27H2,1-3H3,(H,28,33)(H,29,34)(H,30,35)(H,36,37). The molecule has 0 spiro atoms. The van der Waals surface area contributed by atoms with Crippen LogP contribution in [0, 0.1) is 5.92 Å². The molecule has 2 aromatic carbocycles. The average molecular weight is 515 g/mol. The third kappa shape index (κ3) is 9.12. The number of benzene rings is 2. The van der Waals surface area contributed by atoms with Gasteiger partial charge in [-0.3, -0.25) is 19.2 Å². The molecule has 0 saturated carbocycles. The van der Waals surface area contributed by atoms with Crippen molar-refractivity contribution in [2.45, 2.75) is 57.8 Å². The fourth-order valence-corrected chi connectivity index (χ4v) is 3.37. The second-order valence-corrected chi connectivity index (χ2v) is 9.20. The number of carboxylic acids is 1. The summed E-state index contributed by atoms with van der Waals surface area (Å²) < 4.78 is 0. The van der Waals surface area contributed by atoms with Gasteiger partial charge in [0.2, 0.25) is 17.7 Å². The van der Waals surface area contributed by atoms with Gasteiger partial charge < -0.3 is 37.0 Å². The van der Waals surface area contributed by atoms with E-state index in [9.17, 15) is 34.5 Å². The maximum atomic E-state index is 13.4. The normalized spacial score (nSPS) is 14.2. The lowest BCUT2D eigenvalue weighted by atomic mass is 10.0. The SMILES string of the molecule is CC(NC(=O)C(Cc1ccc(O)cc1)NC(=O)C(Cc1ccc(O)cc1)NC(=O)C(N)C(C)C)C(=O)O. The first-order valence-corrected chi connectivity index (χ1v) is 11.8. The van der Waals surface area contributed by atoms with Gasteiger partial charge in [0.05, 0.1) is 6.04 Å². The Morgan fingerprint density at radius 2 is 1.08 bits per heavy atom. The lowest BCUT2D eigenvalue weighted by molar-refractivity contribution is -0.141. The van der Waals surface area contributed by atoms with Crippen LogP contribution in [0.25, 0.3) is 0 Å². The number of nitrogens with two attached hydrogens (primary N) is 1. The summed E-state index contributed by atoms with van der Waals surface area (Å²) in [4.78, 5) is 50.2. The van der Waals surface area contributed by atoms with Gasteiger partial charge in [0, 0.05) is 12.8 Å². The number of phenolic OH excluding ortho intramolecular Hbond substituents is 2. The first kappa shape index (κ1) is 29.1. The minimum Gasteiger partial charge on any atom is -0.508 e. The summed E-state index contributed by atoms with van der Waals surface area (Å²) in [6.45, 7) is 4.82. The Morgan fingerprint density at radius 1 is 0.703 bits per heavy atom. The van der Waals surface area contributed by atoms with Gasteiger partial charge >= 0.3 is 5.97 Å². The van der Waals surface area contributed by atoms with Gasteiger partial charge in [-0.25, -0.2) is 0 Å². The van der Waals surface area contributed by atoms with Crippen molar-refractivity contribution in [1.82, 2.24) is 16.0 Å². The minimum atomic E-state index is -1.25. The molecular weight excluding hydrogens is 480 g/mol. The molecule has 2 aromatic rings. The summed E-state index contributed by atoms with van der Waals surface area (Å²) in [7, 11) is 0. The van der Waals surface area contributed by atoms with Gasteiger partial charge in [-0.15, -0.1) is 0 Å². The number of rotatable bonds is 12. The van der Waals surface area contributed by atoms with Crippen molar-refractivity contribution in [3.63, 3.8) is 0 Å². The zero-order valence-corrected chi connectivity index (χ0v) is 21.0. The summed E-state index contributed by atoms with van der Waals surface area (Å²) in [6, 6.07) is 7.69. The van der Waals surface area contributed by atoms with Crippen molar-refractivity contribution < 1.29 is 34.5 Å². The largest absolute Gasteiger partial charge is 0.508 e. The van der Waals surface area contributed by atoms with Gasteiger partial charge in [0.1, 0.15) is 29.6 Å². The number of carbonyl (C=O) groups excluding carboxylic acids is 3. The maximum absolute atomic E-state index is 13.4. The lowest BCUT2D eigenvalue weighted by Crippen LogP contribution is -2.58. The van der Waals surface area contributed by atoms with Gasteiger partial charge in [-0.2, -0.15) is 0 Å². The van der Waals surface area contributed by atoms with Crippen LogP contribution in [0.5, 0.6) is 11.5 Å². The van der Waals surface area contributed by atoms with E-state index in [1.807, 2.05) is 0 Å². The molecule has 4 atom stereocenters. The van der Waals surface area contributed by atoms with Crippen LogP contribution in [-0.4, -0.2) is 63.2 Å². The predicted molar refractivity (Wildman–Crippen MR) is 136 cm³/mol. The second-order valence-electron chi connectivity index (χ2n) is 9.20. The number of phenols is 2. The van der Waals surface area contributed by atoms with Crippen LogP contribution in [0.15, 0.2) is 48.5 Å². The van der Waals surface area contributed by atoms with Gasteiger partial charge in [0.25, 0.3) is 0 Å². The Balaban J connectivity index is 2.30. The summed E-state index contributed by atoms with van der Waals surface area (Å²) in [5.74, 6) is -3.34. The number of hydrogen-bond acceptors (Lipinski definition) is 7. The van der Waals surface area contributed by atoms with Crippen LogP contribution in [-0.2, 0) is 32.0 Å². The van der Waals surface area contributed by atoms with E-state index in [0.29, 0.717) is 11.1 Å². The third-order valence-electron chi connectivity index (χ3n) is 5.77. The van der Waals surface area contributed by atoms with Crippen molar-refractivity contribution >= 4 is 23.7 Å². The monoisotopic (exact) mass is 514 g/mol. The number of aromatic hydroxyl groups is 2. The van der Waals surface area contributed by atoms with Crippen LogP contribution in [0.3, 0.4) is 0 Å². The van der Waals surface area contributed by atoms with Gasteiger partial charge in [-0.05, 0) is 48.2 Å². The topological polar surface area (TPSA) is 191 Å². The van der Waals surface area contributed by atoms with Crippen LogP contribution in [0.2, 0.25) is 0 Å². The van der Waals surface area contributed by atoms with E-state index in [0.717, 1.165) is 0 Å². The quantitative estimate of drug-likeness (QED) is 0.212. The fraction of sp³-hybridized carbons (Fsp3) is 0.385. The average Bonchev–Trinajstić information content (AvgIpc) is 2.84. The molecule has 0 aliphatic heterocycles. The van der Waals surface area contributed by atoms with Crippen LogP contribution >= 0.6 is 0 Å². The highest BCUT2D eigenvalue weighted by Gasteiger charge is 2.30. The number of hydrogen-bond donors (Lipinski definition) is 7. The Bertz CT molecular complexity index is 1090. The smallest absolute Gasteiger partial charge is 0.325 e. The van der Waals surface area contributed by atoms with Crippen LogP contribution < -0.4 is 21.7 Å². The Kier molecular flexibility index (Phi) is 10.4. The number of carbonyl (C=O) groups is 4. The van der Waals surface area contributed by atoms with Crippen molar-refractivity contribution in [2.75, 3.05) is 0 Å². The summed E-state index contributed by atoms with van der Waals surface area (Å²) >= 11 is 0. The second kappa shape index (κ2) is 13.3. The highest BCUT2D eigenvalue weighted by molar-refractivity contribution is 5.94. The maximum Gasteiger partial charge on any atom is 0.325 e. The molecule has 0 heterocycles. The molecule has 200 valence electrons. The van der Waals surface area contributed by atoms with Crippen molar-refractivity contribution in [3.8, 4) is 11.5 Å². The third-order valence-corrected chi connectivity index (χ3v) is 5.77. The molecule has 3 amide bonds. The van der Waals surface area contributed by atoms with Crippen molar-refractivity contribution in [2.24, 2.45) is 11.7 Å². The van der Waals surface area contributed by atoms with Crippen molar-refractivity contribution in [1.29, 1.82) is 0 Å². The number of carboxylic acid groups (broad SMARTS) is 1.